The molecule has 0 unspecified atom stereocenters. The summed E-state index contributed by atoms with van der Waals surface area (Å²) in [7, 11) is 0. The van der Waals surface area contributed by atoms with Gasteiger partial charge < -0.3 is 14.8 Å². The van der Waals surface area contributed by atoms with Crippen molar-refractivity contribution in [3.05, 3.63) is 102 Å². The molecule has 0 saturated heterocycles. The molecule has 1 N–H and O–H groups in total. The minimum atomic E-state index is -0.805. The van der Waals surface area contributed by atoms with Gasteiger partial charge in [0, 0.05) is 18.3 Å². The summed E-state index contributed by atoms with van der Waals surface area (Å²) >= 11 is 0. The molecule has 3 aromatic carbocycles. The highest BCUT2D eigenvalue weighted by Crippen LogP contribution is 2.22. The van der Waals surface area contributed by atoms with E-state index in [1.54, 1.807) is 6.92 Å². The quantitative estimate of drug-likeness (QED) is 0.227. The molecule has 212 valence electrons. The molecule has 6 nitrogen and oxygen atoms in total. The highest BCUT2D eigenvalue weighted by atomic mass is 16.5. The molecule has 40 heavy (non-hydrogen) atoms. The van der Waals surface area contributed by atoms with E-state index < -0.39 is 17.9 Å². The number of hydrogen-bond donors (Lipinski definition) is 1. The van der Waals surface area contributed by atoms with Crippen LogP contribution < -0.4 is 10.1 Å². The number of amides is 1. The van der Waals surface area contributed by atoms with Crippen molar-refractivity contribution in [1.29, 1.82) is 0 Å². The molecule has 3 rings (SSSR count). The third kappa shape index (κ3) is 10.3. The molecule has 0 aliphatic carbocycles. The summed E-state index contributed by atoms with van der Waals surface area (Å²) in [6, 6.07) is 26.4. The lowest BCUT2D eigenvalue weighted by molar-refractivity contribution is -0.149. The number of Topliss-reactive ketones (excluding diaryl/α,β-unsaturated/α-hetero) is 1. The van der Waals surface area contributed by atoms with Gasteiger partial charge in [-0.1, -0.05) is 93.6 Å². The van der Waals surface area contributed by atoms with Crippen molar-refractivity contribution in [2.24, 2.45) is 17.8 Å². The number of ether oxygens (including phenoxy) is 2. The van der Waals surface area contributed by atoms with Crippen molar-refractivity contribution in [3.8, 4) is 5.75 Å². The monoisotopic (exact) mass is 543 g/mol. The largest absolute Gasteiger partial charge is 0.489 e. The summed E-state index contributed by atoms with van der Waals surface area (Å²) < 4.78 is 11.2. The van der Waals surface area contributed by atoms with E-state index in [0.717, 1.165) is 22.4 Å². The zero-order valence-corrected chi connectivity index (χ0v) is 24.0. The van der Waals surface area contributed by atoms with Gasteiger partial charge in [0.1, 0.15) is 30.8 Å². The summed E-state index contributed by atoms with van der Waals surface area (Å²) in [5.41, 5.74) is 3.01. The van der Waals surface area contributed by atoms with Crippen LogP contribution in [0.1, 0.15) is 57.2 Å². The molecule has 0 bridgehead atoms. The number of carbonyl (C=O) groups excluding carboxylic acids is 3. The number of carbonyl (C=O) groups is 3. The summed E-state index contributed by atoms with van der Waals surface area (Å²) in [4.78, 5) is 38.7. The Balaban J connectivity index is 1.49. The predicted octanol–water partition coefficient (Wildman–Crippen LogP) is 6.31. The third-order valence-corrected chi connectivity index (χ3v) is 6.77. The molecule has 0 spiro atoms. The van der Waals surface area contributed by atoms with Gasteiger partial charge >= 0.3 is 5.97 Å². The maximum absolute atomic E-state index is 13.2. The predicted molar refractivity (Wildman–Crippen MR) is 156 cm³/mol. The SMILES string of the molecule is CC(C)C[C@H](CC(=O)[C@@H](C)Cc1ccc(OCc2ccccc2)cc1)C(=O)N[C@@H](C)C(=O)OCc1ccccc1. The lowest BCUT2D eigenvalue weighted by Gasteiger charge is -2.22. The molecular weight excluding hydrogens is 502 g/mol. The molecule has 0 aliphatic heterocycles. The molecule has 6 heteroatoms. The molecule has 0 fully saturated rings. The maximum atomic E-state index is 13.2. The summed E-state index contributed by atoms with van der Waals surface area (Å²) in [6.07, 6.45) is 1.27. The van der Waals surface area contributed by atoms with Crippen LogP contribution in [-0.2, 0) is 38.8 Å². The maximum Gasteiger partial charge on any atom is 0.328 e. The number of benzene rings is 3. The Kier molecular flexibility index (Phi) is 11.9. The number of nitrogens with one attached hydrogen (secondary N) is 1. The Morgan fingerprint density at radius 2 is 1.30 bits per heavy atom. The van der Waals surface area contributed by atoms with Gasteiger partial charge in [0.2, 0.25) is 5.91 Å². The van der Waals surface area contributed by atoms with Gasteiger partial charge in [0.15, 0.2) is 0 Å². The topological polar surface area (TPSA) is 81.7 Å². The van der Waals surface area contributed by atoms with Crippen molar-refractivity contribution in [2.45, 2.75) is 66.2 Å². The van der Waals surface area contributed by atoms with Crippen molar-refractivity contribution in [1.82, 2.24) is 5.32 Å². The molecular formula is C34H41NO5. The first-order valence-electron chi connectivity index (χ1n) is 14.0. The Bertz CT molecular complexity index is 1210. The lowest BCUT2D eigenvalue weighted by Crippen LogP contribution is -2.43. The number of ketones is 1. The zero-order valence-electron chi connectivity index (χ0n) is 24.0. The number of esters is 1. The van der Waals surface area contributed by atoms with Gasteiger partial charge in [-0.2, -0.15) is 0 Å². The van der Waals surface area contributed by atoms with Crippen LogP contribution >= 0.6 is 0 Å². The van der Waals surface area contributed by atoms with Crippen LogP contribution in [0.15, 0.2) is 84.9 Å². The normalized spacial score (nSPS) is 13.2. The zero-order chi connectivity index (χ0) is 28.9. The molecule has 3 aromatic rings. The van der Waals surface area contributed by atoms with Crippen molar-refractivity contribution >= 4 is 17.7 Å². The summed E-state index contributed by atoms with van der Waals surface area (Å²) in [5.74, 6) is -0.515. The van der Waals surface area contributed by atoms with E-state index >= 15 is 0 Å². The molecule has 3 atom stereocenters. The minimum Gasteiger partial charge on any atom is -0.489 e. The van der Waals surface area contributed by atoms with Gasteiger partial charge in [-0.25, -0.2) is 4.79 Å². The Morgan fingerprint density at radius 3 is 1.88 bits per heavy atom. The van der Waals surface area contributed by atoms with Crippen molar-refractivity contribution in [2.75, 3.05) is 0 Å². The first kappa shape index (κ1) is 30.6. The third-order valence-electron chi connectivity index (χ3n) is 6.77. The van der Waals surface area contributed by atoms with E-state index in [1.165, 1.54) is 0 Å². The number of rotatable bonds is 15. The summed E-state index contributed by atoms with van der Waals surface area (Å²) in [6.45, 7) is 8.19. The highest BCUT2D eigenvalue weighted by molar-refractivity contribution is 5.90. The molecule has 0 radical (unpaired) electrons. The van der Waals surface area contributed by atoms with E-state index in [4.69, 9.17) is 9.47 Å². The highest BCUT2D eigenvalue weighted by Gasteiger charge is 2.28. The van der Waals surface area contributed by atoms with Crippen LogP contribution in [0.4, 0.5) is 0 Å². The van der Waals surface area contributed by atoms with Crippen LogP contribution in [0.3, 0.4) is 0 Å². The second-order valence-corrected chi connectivity index (χ2v) is 10.8. The van der Waals surface area contributed by atoms with Crippen LogP contribution in [0.5, 0.6) is 5.75 Å². The Hall–Kier alpha value is -3.93. The molecule has 0 aliphatic rings. The smallest absolute Gasteiger partial charge is 0.328 e. The van der Waals surface area contributed by atoms with Crippen molar-refractivity contribution in [3.63, 3.8) is 0 Å². The number of hydrogen-bond acceptors (Lipinski definition) is 5. The fourth-order valence-corrected chi connectivity index (χ4v) is 4.47. The Morgan fingerprint density at radius 1 is 0.725 bits per heavy atom. The molecule has 1 amide bonds. The van der Waals surface area contributed by atoms with E-state index in [0.29, 0.717) is 19.4 Å². The molecule has 0 heterocycles. The average molecular weight is 544 g/mol. The van der Waals surface area contributed by atoms with E-state index in [2.05, 4.69) is 5.32 Å². The van der Waals surface area contributed by atoms with Gasteiger partial charge in [-0.3, -0.25) is 9.59 Å². The molecule has 0 aromatic heterocycles. The summed E-state index contributed by atoms with van der Waals surface area (Å²) in [5, 5.41) is 2.77. The van der Waals surface area contributed by atoms with E-state index in [1.807, 2.05) is 106 Å². The first-order chi connectivity index (χ1) is 19.2. The standard InChI is InChI=1S/C34H41NO5/c1-24(2)19-30(33(37)35-26(4)34(38)40-23-29-13-9-6-10-14-29)21-32(36)25(3)20-27-15-17-31(18-16-27)39-22-28-11-7-5-8-12-28/h5-18,24-26,30H,19-23H2,1-4H3,(H,35,37)/t25-,26-,30+/m0/s1. The van der Waals surface area contributed by atoms with Crippen LogP contribution in [0.25, 0.3) is 0 Å². The fourth-order valence-electron chi connectivity index (χ4n) is 4.47. The van der Waals surface area contributed by atoms with Crippen LogP contribution in [-0.4, -0.2) is 23.7 Å². The Labute approximate surface area is 238 Å². The van der Waals surface area contributed by atoms with Crippen molar-refractivity contribution < 1.29 is 23.9 Å². The second kappa shape index (κ2) is 15.6. The van der Waals surface area contributed by atoms with Gasteiger partial charge in [0.05, 0.1) is 0 Å². The molecule has 0 saturated carbocycles. The fraction of sp³-hybridized carbons (Fsp3) is 0.382. The van der Waals surface area contributed by atoms with Crippen LogP contribution in [0.2, 0.25) is 0 Å². The van der Waals surface area contributed by atoms with Gasteiger partial charge in [-0.15, -0.1) is 0 Å². The van der Waals surface area contributed by atoms with Gasteiger partial charge in [0.25, 0.3) is 0 Å². The van der Waals surface area contributed by atoms with E-state index in [9.17, 15) is 14.4 Å². The second-order valence-electron chi connectivity index (χ2n) is 10.8. The average Bonchev–Trinajstić information content (AvgIpc) is 2.95. The first-order valence-corrected chi connectivity index (χ1v) is 14.0. The van der Waals surface area contributed by atoms with E-state index in [-0.39, 0.29) is 36.6 Å². The minimum absolute atomic E-state index is 0.0320. The lowest BCUT2D eigenvalue weighted by atomic mass is 9.86. The van der Waals surface area contributed by atoms with Gasteiger partial charge in [-0.05, 0) is 54.5 Å². The van der Waals surface area contributed by atoms with Crippen LogP contribution in [0, 0.1) is 17.8 Å².